The molecule has 0 atom stereocenters. The highest BCUT2D eigenvalue weighted by atomic mass is 19.1. The highest BCUT2D eigenvalue weighted by Crippen LogP contribution is 2.20. The standard InChI is InChI=1S/C14H19FN2O3/c1-16-4-6-17(7-5-16)8-9-20-13-10-11(15)2-3-12(13)14(18)19/h2-3,10H,4-9H2,1H3,(H,18,19). The molecule has 1 aliphatic heterocycles. The van der Waals surface area contributed by atoms with Crippen LogP contribution in [0.1, 0.15) is 10.4 Å². The van der Waals surface area contributed by atoms with E-state index < -0.39 is 11.8 Å². The van der Waals surface area contributed by atoms with Gasteiger partial charge in [0.2, 0.25) is 0 Å². The van der Waals surface area contributed by atoms with Gasteiger partial charge in [0.1, 0.15) is 23.7 Å². The van der Waals surface area contributed by atoms with Gasteiger partial charge in [0.25, 0.3) is 0 Å². The summed E-state index contributed by atoms with van der Waals surface area (Å²) in [6.07, 6.45) is 0. The lowest BCUT2D eigenvalue weighted by Crippen LogP contribution is -2.45. The van der Waals surface area contributed by atoms with Crippen LogP contribution in [0.4, 0.5) is 4.39 Å². The number of aromatic carboxylic acids is 1. The lowest BCUT2D eigenvalue weighted by molar-refractivity contribution is 0.0690. The molecule has 0 unspecified atom stereocenters. The Bertz CT molecular complexity index is 473. The fraction of sp³-hybridized carbons (Fsp3) is 0.500. The Labute approximate surface area is 117 Å². The van der Waals surface area contributed by atoms with Crippen molar-refractivity contribution in [3.8, 4) is 5.75 Å². The maximum atomic E-state index is 13.1. The van der Waals surface area contributed by atoms with Crippen molar-refractivity contribution in [2.45, 2.75) is 0 Å². The quantitative estimate of drug-likeness (QED) is 0.878. The average Bonchev–Trinajstić information content (AvgIpc) is 2.41. The minimum Gasteiger partial charge on any atom is -0.491 e. The number of hydrogen-bond donors (Lipinski definition) is 1. The van der Waals surface area contributed by atoms with Crippen LogP contribution in [-0.2, 0) is 0 Å². The highest BCUT2D eigenvalue weighted by Gasteiger charge is 2.15. The van der Waals surface area contributed by atoms with E-state index in [4.69, 9.17) is 9.84 Å². The van der Waals surface area contributed by atoms with Crippen LogP contribution in [0, 0.1) is 5.82 Å². The van der Waals surface area contributed by atoms with Gasteiger partial charge in [-0.1, -0.05) is 0 Å². The average molecular weight is 282 g/mol. The summed E-state index contributed by atoms with van der Waals surface area (Å²) in [4.78, 5) is 15.5. The van der Waals surface area contributed by atoms with E-state index in [0.29, 0.717) is 13.2 Å². The second kappa shape index (κ2) is 6.67. The lowest BCUT2D eigenvalue weighted by atomic mass is 10.2. The van der Waals surface area contributed by atoms with Crippen LogP contribution in [0.2, 0.25) is 0 Å². The van der Waals surface area contributed by atoms with E-state index in [-0.39, 0.29) is 11.3 Å². The molecule has 2 rings (SSSR count). The number of carboxylic acid groups (broad SMARTS) is 1. The molecular formula is C14H19FN2O3. The number of ether oxygens (including phenoxy) is 1. The van der Waals surface area contributed by atoms with E-state index in [0.717, 1.165) is 38.3 Å². The van der Waals surface area contributed by atoms with Crippen LogP contribution in [0.25, 0.3) is 0 Å². The summed E-state index contributed by atoms with van der Waals surface area (Å²) in [5, 5.41) is 9.02. The minimum atomic E-state index is -1.11. The van der Waals surface area contributed by atoms with E-state index in [2.05, 4.69) is 16.8 Å². The summed E-state index contributed by atoms with van der Waals surface area (Å²) in [5.74, 6) is -1.52. The summed E-state index contributed by atoms with van der Waals surface area (Å²) in [6.45, 7) is 5.03. The SMILES string of the molecule is CN1CCN(CCOc2cc(F)ccc2C(=O)O)CC1. The lowest BCUT2D eigenvalue weighted by Gasteiger charge is -2.32. The van der Waals surface area contributed by atoms with Crippen LogP contribution in [0.3, 0.4) is 0 Å². The normalized spacial score (nSPS) is 17.1. The van der Waals surface area contributed by atoms with Crippen molar-refractivity contribution in [1.82, 2.24) is 9.80 Å². The van der Waals surface area contributed by atoms with Gasteiger partial charge in [-0.25, -0.2) is 9.18 Å². The predicted molar refractivity (Wildman–Crippen MR) is 72.8 cm³/mol. The molecule has 1 fully saturated rings. The van der Waals surface area contributed by atoms with Gasteiger partial charge < -0.3 is 14.7 Å². The van der Waals surface area contributed by atoms with Crippen molar-refractivity contribution >= 4 is 5.97 Å². The van der Waals surface area contributed by atoms with Crippen LogP contribution in [-0.4, -0.2) is 67.3 Å². The number of nitrogens with zero attached hydrogens (tertiary/aromatic N) is 2. The molecule has 0 aliphatic carbocycles. The Morgan fingerprint density at radius 2 is 2.05 bits per heavy atom. The van der Waals surface area contributed by atoms with Crippen molar-refractivity contribution in [1.29, 1.82) is 0 Å². The first-order valence-electron chi connectivity index (χ1n) is 6.63. The van der Waals surface area contributed by atoms with Crippen molar-refractivity contribution in [3.05, 3.63) is 29.6 Å². The number of likely N-dealkylation sites (N-methyl/N-ethyl adjacent to an activating group) is 1. The number of carboxylic acids is 1. The van der Waals surface area contributed by atoms with Gasteiger partial charge >= 0.3 is 5.97 Å². The Morgan fingerprint density at radius 1 is 1.35 bits per heavy atom. The molecule has 0 amide bonds. The van der Waals surface area contributed by atoms with Crippen molar-refractivity contribution in [3.63, 3.8) is 0 Å². The van der Waals surface area contributed by atoms with Gasteiger partial charge in [-0.2, -0.15) is 0 Å². The van der Waals surface area contributed by atoms with Gasteiger partial charge in [-0.05, 0) is 19.2 Å². The van der Waals surface area contributed by atoms with E-state index in [9.17, 15) is 9.18 Å². The molecule has 0 aromatic heterocycles. The highest BCUT2D eigenvalue weighted by molar-refractivity contribution is 5.90. The summed E-state index contributed by atoms with van der Waals surface area (Å²) >= 11 is 0. The zero-order valence-corrected chi connectivity index (χ0v) is 11.5. The fourth-order valence-electron chi connectivity index (χ4n) is 2.15. The number of piperazine rings is 1. The van der Waals surface area contributed by atoms with Gasteiger partial charge in [0.05, 0.1) is 0 Å². The molecular weight excluding hydrogens is 263 g/mol. The monoisotopic (exact) mass is 282 g/mol. The first-order valence-corrected chi connectivity index (χ1v) is 6.63. The first-order chi connectivity index (χ1) is 9.56. The second-order valence-electron chi connectivity index (χ2n) is 4.94. The zero-order valence-electron chi connectivity index (χ0n) is 11.5. The third-order valence-corrected chi connectivity index (χ3v) is 3.44. The minimum absolute atomic E-state index is 0.00947. The number of benzene rings is 1. The summed E-state index contributed by atoms with van der Waals surface area (Å²) in [6, 6.07) is 3.47. The molecule has 1 aromatic carbocycles. The Hall–Kier alpha value is -1.66. The van der Waals surface area contributed by atoms with Crippen LogP contribution in [0.15, 0.2) is 18.2 Å². The van der Waals surface area contributed by atoms with E-state index in [1.807, 2.05) is 0 Å². The topological polar surface area (TPSA) is 53.0 Å². The molecule has 0 saturated carbocycles. The number of carbonyl (C=O) groups is 1. The van der Waals surface area contributed by atoms with Crippen molar-refractivity contribution < 1.29 is 19.0 Å². The van der Waals surface area contributed by atoms with Gasteiger partial charge in [0, 0.05) is 38.8 Å². The number of hydrogen-bond acceptors (Lipinski definition) is 4. The molecule has 1 aliphatic rings. The van der Waals surface area contributed by atoms with E-state index in [1.54, 1.807) is 0 Å². The Balaban J connectivity index is 1.87. The van der Waals surface area contributed by atoms with Crippen LogP contribution < -0.4 is 4.74 Å². The molecule has 1 aromatic rings. The largest absolute Gasteiger partial charge is 0.491 e. The summed E-state index contributed by atoms with van der Waals surface area (Å²) in [5.41, 5.74) is -0.00947. The molecule has 20 heavy (non-hydrogen) atoms. The molecule has 1 N–H and O–H groups in total. The van der Waals surface area contributed by atoms with Crippen LogP contribution >= 0.6 is 0 Å². The van der Waals surface area contributed by atoms with Crippen molar-refractivity contribution in [2.75, 3.05) is 46.4 Å². The smallest absolute Gasteiger partial charge is 0.339 e. The molecule has 1 heterocycles. The number of halogens is 1. The molecule has 0 radical (unpaired) electrons. The fourth-order valence-corrected chi connectivity index (χ4v) is 2.15. The maximum absolute atomic E-state index is 13.1. The molecule has 0 spiro atoms. The van der Waals surface area contributed by atoms with E-state index in [1.165, 1.54) is 6.07 Å². The summed E-state index contributed by atoms with van der Waals surface area (Å²) in [7, 11) is 2.08. The molecule has 0 bridgehead atoms. The molecule has 6 heteroatoms. The van der Waals surface area contributed by atoms with Crippen LogP contribution in [0.5, 0.6) is 5.75 Å². The maximum Gasteiger partial charge on any atom is 0.339 e. The second-order valence-corrected chi connectivity index (χ2v) is 4.94. The molecule has 5 nitrogen and oxygen atoms in total. The van der Waals surface area contributed by atoms with Gasteiger partial charge in [0.15, 0.2) is 0 Å². The predicted octanol–water partition coefficient (Wildman–Crippen LogP) is 1.15. The first kappa shape index (κ1) is 14.7. The zero-order chi connectivity index (χ0) is 14.5. The Kier molecular flexibility index (Phi) is 4.92. The third kappa shape index (κ3) is 3.91. The third-order valence-electron chi connectivity index (χ3n) is 3.44. The van der Waals surface area contributed by atoms with Gasteiger partial charge in [-0.15, -0.1) is 0 Å². The van der Waals surface area contributed by atoms with Gasteiger partial charge in [-0.3, -0.25) is 4.90 Å². The molecule has 110 valence electrons. The Morgan fingerprint density at radius 3 is 2.70 bits per heavy atom. The molecule has 1 saturated heterocycles. The van der Waals surface area contributed by atoms with Crippen molar-refractivity contribution in [2.24, 2.45) is 0 Å². The van der Waals surface area contributed by atoms with E-state index >= 15 is 0 Å². The summed E-state index contributed by atoms with van der Waals surface area (Å²) < 4.78 is 18.6. The number of rotatable bonds is 5.